The molecule has 1 aliphatic rings. The number of aromatic hydroxyl groups is 5. The average Bonchev–Trinajstić information content (AvgIpc) is 3.27. The lowest BCUT2D eigenvalue weighted by Crippen LogP contribution is -2.13. The van der Waals surface area contributed by atoms with Gasteiger partial charge in [0, 0.05) is 58.5 Å². The molecule has 0 saturated heterocycles. The number of phenols is 5. The molecular formula is C51H43NO11. The van der Waals surface area contributed by atoms with Crippen LogP contribution < -0.4 is 20.7 Å². The van der Waals surface area contributed by atoms with Crippen LogP contribution in [-0.4, -0.2) is 51.6 Å². The van der Waals surface area contributed by atoms with Crippen LogP contribution in [0.5, 0.6) is 40.2 Å². The molecule has 0 saturated carbocycles. The number of nitrogens with zero attached hydrogens (tertiary/aromatic N) is 1. The van der Waals surface area contributed by atoms with E-state index in [1.54, 1.807) is 13.2 Å². The number of fused-ring (bicyclic) bond motifs is 3. The molecule has 3 heterocycles. The quantitative estimate of drug-likeness (QED) is 0.0790. The van der Waals surface area contributed by atoms with Crippen molar-refractivity contribution in [2.75, 3.05) is 21.2 Å². The summed E-state index contributed by atoms with van der Waals surface area (Å²) in [4.78, 5) is 25.2. The van der Waals surface area contributed by atoms with Crippen LogP contribution >= 0.6 is 0 Å². The molecule has 0 bridgehead atoms. The second-order valence-corrected chi connectivity index (χ2v) is 14.8. The fourth-order valence-corrected chi connectivity index (χ4v) is 7.23. The number of phenolic OH excluding ortho intramolecular Hbond substituents is 5. The van der Waals surface area contributed by atoms with Crippen LogP contribution in [0.25, 0.3) is 49.8 Å². The Bertz CT molecular complexity index is 3130. The Labute approximate surface area is 361 Å². The second kappa shape index (κ2) is 18.2. The largest absolute Gasteiger partial charge is 0.508 e. The molecule has 63 heavy (non-hydrogen) atoms. The van der Waals surface area contributed by atoms with Crippen LogP contribution in [0.2, 0.25) is 0 Å². The lowest BCUT2D eigenvalue weighted by Gasteiger charge is -2.24. The monoisotopic (exact) mass is 845 g/mol. The Morgan fingerprint density at radius 2 is 1.27 bits per heavy atom. The number of rotatable bonds is 6. The van der Waals surface area contributed by atoms with Gasteiger partial charge in [0.2, 0.25) is 5.75 Å². The molecule has 0 atom stereocenters. The molecule has 0 amide bonds. The van der Waals surface area contributed by atoms with Gasteiger partial charge in [0.25, 0.3) is 0 Å². The van der Waals surface area contributed by atoms with Crippen LogP contribution in [0.15, 0.2) is 164 Å². The Hall–Kier alpha value is -8.22. The second-order valence-electron chi connectivity index (χ2n) is 14.8. The molecule has 0 radical (unpaired) electrons. The third kappa shape index (κ3) is 9.26. The Balaban J connectivity index is 0.000000144. The van der Waals surface area contributed by atoms with Crippen molar-refractivity contribution in [2.24, 2.45) is 0 Å². The normalized spacial score (nSPS) is 11.8. The number of benzene rings is 6. The van der Waals surface area contributed by atoms with Gasteiger partial charge >= 0.3 is 11.3 Å². The first-order valence-corrected chi connectivity index (χ1v) is 19.5. The van der Waals surface area contributed by atoms with Crippen LogP contribution in [0, 0.1) is 6.92 Å². The molecule has 1 aliphatic heterocycles. The van der Waals surface area contributed by atoms with E-state index in [0.717, 1.165) is 44.7 Å². The molecule has 0 fully saturated rings. The topological polar surface area (TPSA) is 183 Å². The molecule has 0 aliphatic carbocycles. The third-order valence-electron chi connectivity index (χ3n) is 10.1. The van der Waals surface area contributed by atoms with Gasteiger partial charge in [-0.3, -0.25) is 0 Å². The van der Waals surface area contributed by atoms with Gasteiger partial charge in [-0.2, -0.15) is 0 Å². The first kappa shape index (κ1) is 42.9. The molecule has 6 aromatic carbocycles. The molecular weight excluding hydrogens is 803 g/mol. The van der Waals surface area contributed by atoms with Crippen molar-refractivity contribution in [1.82, 2.24) is 4.90 Å². The van der Waals surface area contributed by atoms with Crippen molar-refractivity contribution < 1.29 is 43.8 Å². The summed E-state index contributed by atoms with van der Waals surface area (Å²) < 4.78 is 21.1. The van der Waals surface area contributed by atoms with Gasteiger partial charge in [0.1, 0.15) is 40.1 Å². The highest BCUT2D eigenvalue weighted by Gasteiger charge is 2.24. The van der Waals surface area contributed by atoms with E-state index in [0.29, 0.717) is 40.0 Å². The third-order valence-corrected chi connectivity index (χ3v) is 10.1. The summed E-state index contributed by atoms with van der Waals surface area (Å²) in [6.45, 7) is 6.47. The molecule has 9 rings (SSSR count). The zero-order chi connectivity index (χ0) is 44.9. The summed E-state index contributed by atoms with van der Waals surface area (Å²) in [6.07, 6.45) is 1.93. The smallest absolute Gasteiger partial charge is 0.336 e. The summed E-state index contributed by atoms with van der Waals surface area (Å²) in [5.41, 5.74) is 6.54. The number of hydrogen-bond acceptors (Lipinski definition) is 12. The van der Waals surface area contributed by atoms with E-state index in [1.165, 1.54) is 30.3 Å². The molecule has 0 unspecified atom stereocenters. The fraction of sp³-hybridized carbons (Fsp3) is 0.0980. The van der Waals surface area contributed by atoms with E-state index in [1.807, 2.05) is 123 Å². The van der Waals surface area contributed by atoms with Gasteiger partial charge in [-0.15, -0.1) is 0 Å². The van der Waals surface area contributed by atoms with Gasteiger partial charge < -0.3 is 48.7 Å². The maximum Gasteiger partial charge on any atom is 0.336 e. The van der Waals surface area contributed by atoms with Crippen molar-refractivity contribution in [1.29, 1.82) is 0 Å². The minimum absolute atomic E-state index is 0.00801. The minimum atomic E-state index is -0.577. The van der Waals surface area contributed by atoms with Crippen LogP contribution in [0.4, 0.5) is 0 Å². The summed E-state index contributed by atoms with van der Waals surface area (Å²) in [5, 5.41) is 50.2. The number of hydrogen-bond donors (Lipinski definition) is 5. The summed E-state index contributed by atoms with van der Waals surface area (Å²) in [7, 11) is 5.61. The summed E-state index contributed by atoms with van der Waals surface area (Å²) >= 11 is 0. The minimum Gasteiger partial charge on any atom is -0.508 e. The maximum absolute atomic E-state index is 11.6. The van der Waals surface area contributed by atoms with Crippen molar-refractivity contribution in [3.05, 3.63) is 189 Å². The standard InChI is InChI=1S/C21H23NO3.2C15H10O4/c1-13-10-18(15-6-8-17(24-5)9-7-15)19-11-16(12-22(3)4)20(23)14(2)21(19)25-13;16-10-6-12(17)15-11(9-4-2-1-3-5-9)8-14(18)19-13(15)7-10;16-12-7-6-10-11(9-4-2-1-3-5-9)8-13(17)19-15(10)14(12)18/h6-11,23H,1,12H2,2-5H3;1-8,16-17H;1-8,16,18H. The van der Waals surface area contributed by atoms with Crippen molar-refractivity contribution in [3.63, 3.8) is 0 Å². The van der Waals surface area contributed by atoms with E-state index in [2.05, 4.69) is 6.58 Å². The summed E-state index contributed by atoms with van der Waals surface area (Å²) in [5.74, 6) is 1.28. The predicted octanol–water partition coefficient (Wildman–Crippen LogP) is 9.85. The molecule has 5 N–H and O–H groups in total. The molecule has 8 aromatic rings. The maximum atomic E-state index is 11.6. The van der Waals surface area contributed by atoms with Crippen molar-refractivity contribution >= 4 is 27.5 Å². The fourth-order valence-electron chi connectivity index (χ4n) is 7.23. The molecule has 12 nitrogen and oxygen atoms in total. The van der Waals surface area contributed by atoms with Gasteiger partial charge in [-0.05, 0) is 85.3 Å². The highest BCUT2D eigenvalue weighted by Crippen LogP contribution is 2.44. The van der Waals surface area contributed by atoms with E-state index >= 15 is 0 Å². The van der Waals surface area contributed by atoms with E-state index in [-0.39, 0.29) is 34.2 Å². The lowest BCUT2D eigenvalue weighted by molar-refractivity contribution is 0.380. The van der Waals surface area contributed by atoms with Crippen LogP contribution in [-0.2, 0) is 6.54 Å². The van der Waals surface area contributed by atoms with Gasteiger partial charge in [-0.1, -0.05) is 79.4 Å². The highest BCUT2D eigenvalue weighted by atomic mass is 16.5. The van der Waals surface area contributed by atoms with Crippen molar-refractivity contribution in [2.45, 2.75) is 13.5 Å². The highest BCUT2D eigenvalue weighted by molar-refractivity contribution is 5.99. The summed E-state index contributed by atoms with van der Waals surface area (Å²) in [6, 6.07) is 36.6. The number of ether oxygens (including phenoxy) is 2. The Morgan fingerprint density at radius 1 is 0.651 bits per heavy atom. The Kier molecular flexibility index (Phi) is 12.4. The van der Waals surface area contributed by atoms with Crippen molar-refractivity contribution in [3.8, 4) is 62.5 Å². The zero-order valence-corrected chi connectivity index (χ0v) is 34.7. The van der Waals surface area contributed by atoms with Gasteiger partial charge in [0.15, 0.2) is 11.3 Å². The predicted molar refractivity (Wildman–Crippen MR) is 243 cm³/mol. The first-order chi connectivity index (χ1) is 30.2. The van der Waals surface area contributed by atoms with E-state index < -0.39 is 17.0 Å². The van der Waals surface area contributed by atoms with Gasteiger partial charge in [-0.25, -0.2) is 9.59 Å². The molecule has 0 spiro atoms. The Morgan fingerprint density at radius 3 is 1.90 bits per heavy atom. The number of allylic oxidation sites excluding steroid dienone is 1. The van der Waals surface area contributed by atoms with Gasteiger partial charge in [0.05, 0.1) is 12.5 Å². The number of methoxy groups -OCH3 is 1. The molecule has 12 heteroatoms. The van der Waals surface area contributed by atoms with Crippen LogP contribution in [0.1, 0.15) is 22.3 Å². The first-order valence-electron chi connectivity index (χ1n) is 19.5. The molecule has 318 valence electrons. The van der Waals surface area contributed by atoms with E-state index in [9.17, 15) is 35.1 Å². The lowest BCUT2D eigenvalue weighted by atomic mass is 9.91. The average molecular weight is 846 g/mol. The molecule has 2 aromatic heterocycles. The SMILES string of the molecule is C=C1C=C(c2ccc(OC)cc2)c2cc(CN(C)C)c(O)c(C)c2O1.O=c1cc(-c2ccccc2)c2c(O)cc(O)cc2o1.O=c1cc(-c2ccccc2)c2ccc(O)c(O)c2o1. The zero-order valence-electron chi connectivity index (χ0n) is 34.7. The van der Waals surface area contributed by atoms with E-state index in [4.69, 9.17) is 18.3 Å². The van der Waals surface area contributed by atoms with Crippen LogP contribution in [0.3, 0.4) is 0 Å².